The maximum Gasteiger partial charge on any atom is 0.240 e. The van der Waals surface area contributed by atoms with E-state index in [1.54, 1.807) is 23.5 Å². The van der Waals surface area contributed by atoms with Gasteiger partial charge in [-0.2, -0.15) is 0 Å². The molecule has 5 heteroatoms. The van der Waals surface area contributed by atoms with Crippen molar-refractivity contribution < 1.29 is 8.42 Å². The summed E-state index contributed by atoms with van der Waals surface area (Å²) in [6.45, 7) is 2.41. The number of thiophene rings is 1. The van der Waals surface area contributed by atoms with Crippen molar-refractivity contribution in [2.45, 2.75) is 18.2 Å². The van der Waals surface area contributed by atoms with E-state index in [9.17, 15) is 8.42 Å². The summed E-state index contributed by atoms with van der Waals surface area (Å²) >= 11 is 1.61. The van der Waals surface area contributed by atoms with Crippen LogP contribution in [0.4, 0.5) is 0 Å². The molecular formula is C11H13NO2S2. The molecule has 16 heavy (non-hydrogen) atoms. The van der Waals surface area contributed by atoms with E-state index < -0.39 is 10.0 Å². The van der Waals surface area contributed by atoms with E-state index in [2.05, 4.69) is 4.72 Å². The Kier molecular flexibility index (Phi) is 3.28. The Balaban J connectivity index is 2.39. The molecular weight excluding hydrogens is 242 g/mol. The molecule has 2 aromatic rings. The van der Waals surface area contributed by atoms with Gasteiger partial charge in [-0.1, -0.05) is 6.92 Å². The first-order chi connectivity index (χ1) is 7.63. The Morgan fingerprint density at radius 2 is 2.12 bits per heavy atom. The molecule has 0 bridgehead atoms. The fourth-order valence-corrected chi connectivity index (χ4v) is 3.37. The van der Waals surface area contributed by atoms with Gasteiger partial charge in [0.25, 0.3) is 0 Å². The van der Waals surface area contributed by atoms with E-state index in [4.69, 9.17) is 0 Å². The van der Waals surface area contributed by atoms with Crippen LogP contribution in [-0.4, -0.2) is 15.0 Å². The smallest absolute Gasteiger partial charge is 0.211 e. The Morgan fingerprint density at radius 3 is 2.88 bits per heavy atom. The highest BCUT2D eigenvalue weighted by Gasteiger charge is 2.13. The van der Waals surface area contributed by atoms with E-state index in [1.807, 2.05) is 24.4 Å². The standard InChI is InChI=1S/C11H13NO2S2/c1-2-6-12-16(13,14)10-3-4-11-9(8-10)5-7-15-11/h3-5,7-8,12H,2,6H2,1H3. The zero-order valence-corrected chi connectivity index (χ0v) is 10.6. The zero-order valence-electron chi connectivity index (χ0n) is 8.93. The topological polar surface area (TPSA) is 46.2 Å². The van der Waals surface area contributed by atoms with Crippen molar-refractivity contribution in [3.63, 3.8) is 0 Å². The zero-order chi connectivity index (χ0) is 11.6. The predicted octanol–water partition coefficient (Wildman–Crippen LogP) is 2.59. The summed E-state index contributed by atoms with van der Waals surface area (Å²) in [6, 6.07) is 7.14. The quantitative estimate of drug-likeness (QED) is 0.912. The summed E-state index contributed by atoms with van der Waals surface area (Å²) in [4.78, 5) is 0.340. The van der Waals surface area contributed by atoms with E-state index in [1.165, 1.54) is 0 Å². The van der Waals surface area contributed by atoms with Crippen LogP contribution in [0.2, 0.25) is 0 Å². The molecule has 3 nitrogen and oxygen atoms in total. The Morgan fingerprint density at radius 1 is 1.31 bits per heavy atom. The molecule has 1 aromatic carbocycles. The second-order valence-electron chi connectivity index (χ2n) is 3.52. The van der Waals surface area contributed by atoms with Gasteiger partial charge in [-0.25, -0.2) is 13.1 Å². The number of benzene rings is 1. The highest BCUT2D eigenvalue weighted by Crippen LogP contribution is 2.23. The molecule has 0 unspecified atom stereocenters. The molecule has 0 amide bonds. The Labute approximate surface area is 99.2 Å². The molecule has 0 spiro atoms. The average Bonchev–Trinajstić information content (AvgIpc) is 2.73. The molecule has 1 N–H and O–H groups in total. The SMILES string of the molecule is CCCNS(=O)(=O)c1ccc2sccc2c1. The van der Waals surface area contributed by atoms with Crippen molar-refractivity contribution in [2.24, 2.45) is 0 Å². The minimum absolute atomic E-state index is 0.340. The molecule has 0 saturated carbocycles. The monoisotopic (exact) mass is 255 g/mol. The van der Waals surface area contributed by atoms with Gasteiger partial charge >= 0.3 is 0 Å². The van der Waals surface area contributed by atoms with Crippen LogP contribution in [0.3, 0.4) is 0 Å². The van der Waals surface area contributed by atoms with E-state index in [0.29, 0.717) is 11.4 Å². The second kappa shape index (κ2) is 4.53. The Hall–Kier alpha value is -0.910. The average molecular weight is 255 g/mol. The summed E-state index contributed by atoms with van der Waals surface area (Å²) < 4.78 is 27.4. The number of sulfonamides is 1. The first kappa shape index (κ1) is 11.6. The van der Waals surface area contributed by atoms with Gasteiger partial charge in [-0.05, 0) is 41.5 Å². The van der Waals surface area contributed by atoms with E-state index in [0.717, 1.165) is 16.5 Å². The highest BCUT2D eigenvalue weighted by atomic mass is 32.2. The summed E-state index contributed by atoms with van der Waals surface area (Å²) in [5.41, 5.74) is 0. The molecule has 2 rings (SSSR count). The number of rotatable bonds is 4. The van der Waals surface area contributed by atoms with E-state index >= 15 is 0 Å². The highest BCUT2D eigenvalue weighted by molar-refractivity contribution is 7.89. The number of hydrogen-bond donors (Lipinski definition) is 1. The van der Waals surface area contributed by atoms with Crippen LogP contribution in [0, 0.1) is 0 Å². The third-order valence-corrected chi connectivity index (χ3v) is 4.63. The summed E-state index contributed by atoms with van der Waals surface area (Å²) in [5, 5.41) is 2.94. The lowest BCUT2D eigenvalue weighted by atomic mass is 10.3. The molecule has 0 radical (unpaired) electrons. The minimum Gasteiger partial charge on any atom is -0.211 e. The van der Waals surface area contributed by atoms with Gasteiger partial charge in [0.05, 0.1) is 4.90 Å². The first-order valence-corrected chi connectivity index (χ1v) is 7.46. The lowest BCUT2D eigenvalue weighted by Crippen LogP contribution is -2.24. The first-order valence-electron chi connectivity index (χ1n) is 5.10. The van der Waals surface area contributed by atoms with Crippen LogP contribution in [0.1, 0.15) is 13.3 Å². The third kappa shape index (κ3) is 2.26. The predicted molar refractivity (Wildman–Crippen MR) is 67.3 cm³/mol. The number of hydrogen-bond acceptors (Lipinski definition) is 3. The van der Waals surface area contributed by atoms with Crippen LogP contribution >= 0.6 is 11.3 Å². The van der Waals surface area contributed by atoms with Crippen LogP contribution in [-0.2, 0) is 10.0 Å². The fraction of sp³-hybridized carbons (Fsp3) is 0.273. The summed E-state index contributed by atoms with van der Waals surface area (Å²) in [6.07, 6.45) is 0.792. The number of nitrogens with one attached hydrogen (secondary N) is 1. The minimum atomic E-state index is -3.34. The van der Waals surface area contributed by atoms with Crippen LogP contribution in [0.15, 0.2) is 34.5 Å². The van der Waals surface area contributed by atoms with Crippen molar-refractivity contribution in [2.75, 3.05) is 6.54 Å². The second-order valence-corrected chi connectivity index (χ2v) is 6.23. The Bertz CT molecular complexity index is 587. The third-order valence-electron chi connectivity index (χ3n) is 2.28. The molecule has 0 fully saturated rings. The van der Waals surface area contributed by atoms with Gasteiger partial charge in [-0.3, -0.25) is 0 Å². The summed E-state index contributed by atoms with van der Waals surface area (Å²) in [5.74, 6) is 0. The van der Waals surface area contributed by atoms with Gasteiger partial charge in [0, 0.05) is 11.2 Å². The lowest BCUT2D eigenvalue weighted by Gasteiger charge is -2.05. The van der Waals surface area contributed by atoms with E-state index in [-0.39, 0.29) is 0 Å². The van der Waals surface area contributed by atoms with Gasteiger partial charge in [0.1, 0.15) is 0 Å². The summed E-state index contributed by atoms with van der Waals surface area (Å²) in [7, 11) is -3.34. The van der Waals surface area contributed by atoms with Crippen LogP contribution in [0.5, 0.6) is 0 Å². The number of fused-ring (bicyclic) bond motifs is 1. The van der Waals surface area contributed by atoms with Crippen molar-refractivity contribution >= 4 is 31.4 Å². The maximum absolute atomic E-state index is 11.8. The largest absolute Gasteiger partial charge is 0.240 e. The normalized spacial score (nSPS) is 12.1. The van der Waals surface area contributed by atoms with Crippen LogP contribution < -0.4 is 4.72 Å². The fourth-order valence-electron chi connectivity index (χ4n) is 1.43. The molecule has 0 aliphatic rings. The molecule has 0 aliphatic carbocycles. The van der Waals surface area contributed by atoms with Gasteiger partial charge in [0.15, 0.2) is 0 Å². The van der Waals surface area contributed by atoms with Gasteiger partial charge in [0.2, 0.25) is 10.0 Å². The molecule has 0 atom stereocenters. The maximum atomic E-state index is 11.8. The molecule has 0 saturated heterocycles. The lowest BCUT2D eigenvalue weighted by molar-refractivity contribution is 0.581. The van der Waals surface area contributed by atoms with Crippen molar-refractivity contribution in [3.8, 4) is 0 Å². The van der Waals surface area contributed by atoms with Crippen molar-refractivity contribution in [3.05, 3.63) is 29.6 Å². The molecule has 1 aromatic heterocycles. The van der Waals surface area contributed by atoms with Crippen LogP contribution in [0.25, 0.3) is 10.1 Å². The molecule has 0 aliphatic heterocycles. The molecule has 86 valence electrons. The van der Waals surface area contributed by atoms with Crippen molar-refractivity contribution in [1.29, 1.82) is 0 Å². The van der Waals surface area contributed by atoms with Crippen molar-refractivity contribution in [1.82, 2.24) is 4.72 Å². The molecule has 1 heterocycles. The van der Waals surface area contributed by atoms with Gasteiger partial charge < -0.3 is 0 Å². The van der Waals surface area contributed by atoms with Gasteiger partial charge in [-0.15, -0.1) is 11.3 Å².